The Hall–Kier alpha value is -1.65. The standard InChI is InChI=1S/C18H23N3S/c19-18(17-6-4-14-22-17)20-16-9-7-15(8-10-16)5-3-13-21-11-1-2-12-21/h4,6-10,14H,1-3,5,11-13H2,(H2,19,20). The number of thiophene rings is 1. The first kappa shape index (κ1) is 15.3. The third-order valence-corrected chi connectivity index (χ3v) is 5.02. The first-order valence-electron chi connectivity index (χ1n) is 8.02. The Bertz CT molecular complexity index is 583. The molecule has 3 rings (SSSR count). The van der Waals surface area contributed by atoms with Crippen molar-refractivity contribution in [3.63, 3.8) is 0 Å². The molecule has 0 saturated carbocycles. The van der Waals surface area contributed by atoms with Crippen molar-refractivity contribution >= 4 is 22.9 Å². The van der Waals surface area contributed by atoms with Gasteiger partial charge in [0, 0.05) is 5.69 Å². The summed E-state index contributed by atoms with van der Waals surface area (Å²) in [5.74, 6) is 0.469. The highest BCUT2D eigenvalue weighted by Gasteiger charge is 2.10. The Morgan fingerprint density at radius 1 is 1.14 bits per heavy atom. The van der Waals surface area contributed by atoms with E-state index in [2.05, 4.69) is 34.5 Å². The Balaban J connectivity index is 1.46. The zero-order chi connectivity index (χ0) is 15.2. The van der Waals surface area contributed by atoms with Crippen LogP contribution in [0, 0.1) is 5.41 Å². The molecule has 1 aliphatic heterocycles. The second-order valence-corrected chi connectivity index (χ2v) is 6.77. The van der Waals surface area contributed by atoms with Crippen LogP contribution in [0.3, 0.4) is 0 Å². The maximum atomic E-state index is 8.04. The maximum Gasteiger partial charge on any atom is 0.140 e. The minimum atomic E-state index is 0.469. The summed E-state index contributed by atoms with van der Waals surface area (Å²) in [6.07, 6.45) is 5.12. The predicted octanol–water partition coefficient (Wildman–Crippen LogP) is 4.21. The summed E-state index contributed by atoms with van der Waals surface area (Å²) in [6, 6.07) is 12.4. The lowest BCUT2D eigenvalue weighted by Gasteiger charge is -2.14. The molecule has 1 aromatic carbocycles. The molecule has 4 heteroatoms. The van der Waals surface area contributed by atoms with E-state index in [1.54, 1.807) is 11.3 Å². The number of benzene rings is 1. The van der Waals surface area contributed by atoms with E-state index in [0.717, 1.165) is 17.0 Å². The molecule has 0 spiro atoms. The SMILES string of the molecule is N=C(Nc1ccc(CCCN2CCCC2)cc1)c1cccs1. The Morgan fingerprint density at radius 3 is 2.59 bits per heavy atom. The molecule has 2 heterocycles. The molecule has 3 nitrogen and oxygen atoms in total. The van der Waals surface area contributed by atoms with Crippen LogP contribution < -0.4 is 5.32 Å². The van der Waals surface area contributed by atoms with Gasteiger partial charge in [0.1, 0.15) is 5.84 Å². The summed E-state index contributed by atoms with van der Waals surface area (Å²) in [5, 5.41) is 13.2. The van der Waals surface area contributed by atoms with Crippen LogP contribution in [-0.2, 0) is 6.42 Å². The van der Waals surface area contributed by atoms with Gasteiger partial charge in [0.2, 0.25) is 0 Å². The highest BCUT2D eigenvalue weighted by molar-refractivity contribution is 7.12. The summed E-state index contributed by atoms with van der Waals surface area (Å²) >= 11 is 1.58. The molecule has 1 aromatic heterocycles. The van der Waals surface area contributed by atoms with E-state index in [1.165, 1.54) is 44.5 Å². The van der Waals surface area contributed by atoms with Crippen LogP contribution in [0.25, 0.3) is 0 Å². The van der Waals surface area contributed by atoms with Gasteiger partial charge in [-0.3, -0.25) is 5.41 Å². The topological polar surface area (TPSA) is 39.1 Å². The zero-order valence-corrected chi connectivity index (χ0v) is 13.7. The van der Waals surface area contributed by atoms with Crippen LogP contribution in [0.1, 0.15) is 29.7 Å². The van der Waals surface area contributed by atoms with Crippen molar-refractivity contribution in [2.45, 2.75) is 25.7 Å². The van der Waals surface area contributed by atoms with Gasteiger partial charge in [-0.25, -0.2) is 0 Å². The fourth-order valence-corrected chi connectivity index (χ4v) is 3.52. The number of amidine groups is 1. The predicted molar refractivity (Wildman–Crippen MR) is 95.2 cm³/mol. The highest BCUT2D eigenvalue weighted by Crippen LogP contribution is 2.15. The van der Waals surface area contributed by atoms with Gasteiger partial charge in [-0.2, -0.15) is 0 Å². The number of nitrogens with zero attached hydrogens (tertiary/aromatic N) is 1. The Kier molecular flexibility index (Phi) is 5.24. The fraction of sp³-hybridized carbons (Fsp3) is 0.389. The fourth-order valence-electron chi connectivity index (χ4n) is 2.89. The average molecular weight is 313 g/mol. The molecule has 0 aliphatic carbocycles. The van der Waals surface area contributed by atoms with Crippen LogP contribution >= 0.6 is 11.3 Å². The van der Waals surface area contributed by atoms with E-state index in [9.17, 15) is 0 Å². The number of aryl methyl sites for hydroxylation is 1. The summed E-state index contributed by atoms with van der Waals surface area (Å²) in [5.41, 5.74) is 2.37. The summed E-state index contributed by atoms with van der Waals surface area (Å²) in [6.45, 7) is 3.80. The van der Waals surface area contributed by atoms with Crippen LogP contribution in [0.2, 0.25) is 0 Å². The van der Waals surface area contributed by atoms with Crippen molar-refractivity contribution < 1.29 is 0 Å². The third-order valence-electron chi connectivity index (χ3n) is 4.13. The molecule has 2 aromatic rings. The number of likely N-dealkylation sites (tertiary alicyclic amines) is 1. The van der Waals surface area contributed by atoms with Crippen molar-refractivity contribution in [1.82, 2.24) is 4.90 Å². The van der Waals surface area contributed by atoms with E-state index in [-0.39, 0.29) is 0 Å². The molecule has 0 unspecified atom stereocenters. The number of hydrogen-bond acceptors (Lipinski definition) is 3. The molecular formula is C18H23N3S. The normalized spacial score (nSPS) is 15.1. The molecular weight excluding hydrogens is 290 g/mol. The first-order valence-corrected chi connectivity index (χ1v) is 8.90. The van der Waals surface area contributed by atoms with Crippen molar-refractivity contribution in [2.24, 2.45) is 0 Å². The molecule has 1 aliphatic rings. The Morgan fingerprint density at radius 2 is 1.91 bits per heavy atom. The van der Waals surface area contributed by atoms with Crippen LogP contribution in [0.4, 0.5) is 5.69 Å². The van der Waals surface area contributed by atoms with Gasteiger partial charge in [0.05, 0.1) is 4.88 Å². The van der Waals surface area contributed by atoms with Gasteiger partial charge in [0.15, 0.2) is 0 Å². The monoisotopic (exact) mass is 313 g/mol. The van der Waals surface area contributed by atoms with E-state index >= 15 is 0 Å². The lowest BCUT2D eigenvalue weighted by Crippen LogP contribution is -2.20. The van der Waals surface area contributed by atoms with E-state index in [4.69, 9.17) is 5.41 Å². The van der Waals surface area contributed by atoms with Crippen molar-refractivity contribution in [3.8, 4) is 0 Å². The molecule has 1 saturated heterocycles. The largest absolute Gasteiger partial charge is 0.340 e. The minimum Gasteiger partial charge on any atom is -0.340 e. The quantitative estimate of drug-likeness (QED) is 0.619. The molecule has 0 atom stereocenters. The molecule has 2 N–H and O–H groups in total. The minimum absolute atomic E-state index is 0.469. The van der Waals surface area contributed by atoms with Gasteiger partial charge in [0.25, 0.3) is 0 Å². The maximum absolute atomic E-state index is 8.04. The molecule has 0 amide bonds. The lowest BCUT2D eigenvalue weighted by atomic mass is 10.1. The van der Waals surface area contributed by atoms with E-state index < -0.39 is 0 Å². The average Bonchev–Trinajstić information content (AvgIpc) is 3.22. The number of anilines is 1. The van der Waals surface area contributed by atoms with Gasteiger partial charge in [-0.05, 0) is 74.5 Å². The summed E-state index contributed by atoms with van der Waals surface area (Å²) in [4.78, 5) is 3.54. The van der Waals surface area contributed by atoms with E-state index in [1.807, 2.05) is 17.5 Å². The first-order chi connectivity index (χ1) is 10.8. The Labute approximate surface area is 136 Å². The molecule has 0 radical (unpaired) electrons. The number of nitrogens with one attached hydrogen (secondary N) is 2. The molecule has 1 fully saturated rings. The highest BCUT2D eigenvalue weighted by atomic mass is 32.1. The van der Waals surface area contributed by atoms with Crippen LogP contribution in [0.15, 0.2) is 41.8 Å². The zero-order valence-electron chi connectivity index (χ0n) is 12.8. The number of hydrogen-bond donors (Lipinski definition) is 2. The third kappa shape index (κ3) is 4.18. The van der Waals surface area contributed by atoms with Crippen molar-refractivity contribution in [3.05, 3.63) is 52.2 Å². The molecule has 22 heavy (non-hydrogen) atoms. The van der Waals surface area contributed by atoms with Gasteiger partial charge < -0.3 is 10.2 Å². The summed E-state index contributed by atoms with van der Waals surface area (Å²) in [7, 11) is 0. The second kappa shape index (κ2) is 7.56. The van der Waals surface area contributed by atoms with Crippen molar-refractivity contribution in [2.75, 3.05) is 25.0 Å². The smallest absolute Gasteiger partial charge is 0.140 e. The number of rotatable bonds is 6. The molecule has 0 bridgehead atoms. The van der Waals surface area contributed by atoms with Crippen LogP contribution in [0.5, 0.6) is 0 Å². The van der Waals surface area contributed by atoms with Gasteiger partial charge >= 0.3 is 0 Å². The van der Waals surface area contributed by atoms with Gasteiger partial charge in [-0.15, -0.1) is 11.3 Å². The lowest BCUT2D eigenvalue weighted by molar-refractivity contribution is 0.334. The summed E-state index contributed by atoms with van der Waals surface area (Å²) < 4.78 is 0. The van der Waals surface area contributed by atoms with Gasteiger partial charge in [-0.1, -0.05) is 18.2 Å². The van der Waals surface area contributed by atoms with Crippen LogP contribution in [-0.4, -0.2) is 30.4 Å². The molecule has 116 valence electrons. The second-order valence-electron chi connectivity index (χ2n) is 5.83. The van der Waals surface area contributed by atoms with E-state index in [0.29, 0.717) is 5.84 Å². The van der Waals surface area contributed by atoms with Crippen molar-refractivity contribution in [1.29, 1.82) is 5.41 Å².